The first-order valence-corrected chi connectivity index (χ1v) is 9.43. The molecule has 0 unspecified atom stereocenters. The fourth-order valence-corrected chi connectivity index (χ4v) is 4.58. The summed E-state index contributed by atoms with van der Waals surface area (Å²) in [5.74, 6) is 0.128. The molecule has 2 aliphatic heterocycles. The van der Waals surface area contributed by atoms with Gasteiger partial charge in [0.1, 0.15) is 11.6 Å². The van der Waals surface area contributed by atoms with Crippen LogP contribution in [0.3, 0.4) is 0 Å². The molecule has 2 aromatic carbocycles. The predicted molar refractivity (Wildman–Crippen MR) is 97.2 cm³/mol. The fourth-order valence-electron chi connectivity index (χ4n) is 3.89. The molecule has 4 rings (SSSR count). The third-order valence-electron chi connectivity index (χ3n) is 5.09. The minimum Gasteiger partial charge on any atom is -0.480 e. The van der Waals surface area contributed by atoms with Crippen molar-refractivity contribution in [2.45, 2.75) is 37.3 Å². The zero-order valence-electron chi connectivity index (χ0n) is 13.1. The average Bonchev–Trinajstić information content (AvgIpc) is 3.02. The van der Waals surface area contributed by atoms with Crippen molar-refractivity contribution in [2.75, 3.05) is 6.54 Å². The lowest BCUT2D eigenvalue weighted by molar-refractivity contribution is 0.0352. The smallest absolute Gasteiger partial charge is 0.153 e. The molecule has 1 saturated heterocycles. The first kappa shape index (κ1) is 16.4. The van der Waals surface area contributed by atoms with Gasteiger partial charge in [-0.05, 0) is 40.9 Å². The molecular weight excluding hydrogens is 393 g/mol. The standard InChI is InChI=1S/C19H18BrClFNO/c20-17-13-11-19(12-6-2-1-3-7-12,16-8-4-5-9-23-16)24-15(13)10-14(22)18(17)21/h1-3,6-7,10,16,23H,4-5,8-9,11H2/t16-,19-/m0/s1. The maximum atomic E-state index is 14.1. The van der Waals surface area contributed by atoms with Gasteiger partial charge in [-0.3, -0.25) is 0 Å². The maximum Gasteiger partial charge on any atom is 0.153 e. The zero-order chi connectivity index (χ0) is 16.7. The minimum atomic E-state index is -0.524. The summed E-state index contributed by atoms with van der Waals surface area (Å²) in [7, 11) is 0. The van der Waals surface area contributed by atoms with E-state index in [0.717, 1.165) is 24.1 Å². The summed E-state index contributed by atoms with van der Waals surface area (Å²) >= 11 is 9.55. The Morgan fingerprint density at radius 2 is 2.04 bits per heavy atom. The van der Waals surface area contributed by atoms with Gasteiger partial charge in [-0.15, -0.1) is 0 Å². The Morgan fingerprint density at radius 3 is 2.75 bits per heavy atom. The van der Waals surface area contributed by atoms with Gasteiger partial charge in [-0.2, -0.15) is 0 Å². The van der Waals surface area contributed by atoms with E-state index in [0.29, 0.717) is 16.6 Å². The van der Waals surface area contributed by atoms with Gasteiger partial charge in [0.25, 0.3) is 0 Å². The zero-order valence-corrected chi connectivity index (χ0v) is 15.5. The monoisotopic (exact) mass is 409 g/mol. The molecule has 2 heterocycles. The number of benzene rings is 2. The first-order valence-electron chi connectivity index (χ1n) is 8.26. The number of fused-ring (bicyclic) bond motifs is 1. The van der Waals surface area contributed by atoms with Gasteiger partial charge in [0.05, 0.1) is 11.1 Å². The molecule has 2 nitrogen and oxygen atoms in total. The van der Waals surface area contributed by atoms with Gasteiger partial charge in [-0.1, -0.05) is 48.4 Å². The number of hydrogen-bond acceptors (Lipinski definition) is 2. The Bertz CT molecular complexity index is 764. The van der Waals surface area contributed by atoms with Crippen molar-refractivity contribution < 1.29 is 9.13 Å². The first-order chi connectivity index (χ1) is 11.6. The van der Waals surface area contributed by atoms with Crippen molar-refractivity contribution in [3.8, 4) is 5.75 Å². The fraction of sp³-hybridized carbons (Fsp3) is 0.368. The van der Waals surface area contributed by atoms with Crippen LogP contribution in [0.2, 0.25) is 5.02 Å². The topological polar surface area (TPSA) is 21.3 Å². The average molecular weight is 411 g/mol. The van der Waals surface area contributed by atoms with Crippen LogP contribution < -0.4 is 10.1 Å². The van der Waals surface area contributed by atoms with Crippen molar-refractivity contribution >= 4 is 27.5 Å². The van der Waals surface area contributed by atoms with Crippen LogP contribution in [0.5, 0.6) is 5.75 Å². The summed E-state index contributed by atoms with van der Waals surface area (Å²) in [5, 5.41) is 3.74. The molecule has 0 aromatic heterocycles. The molecule has 0 saturated carbocycles. The van der Waals surface area contributed by atoms with Gasteiger partial charge in [-0.25, -0.2) is 4.39 Å². The Balaban J connectivity index is 1.83. The van der Waals surface area contributed by atoms with E-state index in [1.165, 1.54) is 18.9 Å². The molecule has 24 heavy (non-hydrogen) atoms. The molecule has 2 atom stereocenters. The molecule has 0 aliphatic carbocycles. The Kier molecular flexibility index (Phi) is 4.31. The second kappa shape index (κ2) is 6.32. The molecule has 0 bridgehead atoms. The lowest BCUT2D eigenvalue weighted by Crippen LogP contribution is -2.53. The number of halogens is 3. The molecule has 5 heteroatoms. The highest BCUT2D eigenvalue weighted by atomic mass is 79.9. The largest absolute Gasteiger partial charge is 0.480 e. The van der Waals surface area contributed by atoms with Crippen LogP contribution >= 0.6 is 27.5 Å². The highest BCUT2D eigenvalue weighted by Crippen LogP contribution is 2.49. The molecule has 1 N–H and O–H groups in total. The van der Waals surface area contributed by atoms with Crippen molar-refractivity contribution in [3.05, 3.63) is 62.8 Å². The van der Waals surface area contributed by atoms with Crippen molar-refractivity contribution in [3.63, 3.8) is 0 Å². The second-order valence-corrected chi connectivity index (χ2v) is 7.67. The number of hydrogen-bond donors (Lipinski definition) is 1. The van der Waals surface area contributed by atoms with Gasteiger partial charge in [0.15, 0.2) is 5.60 Å². The summed E-state index contributed by atoms with van der Waals surface area (Å²) < 4.78 is 21.1. The van der Waals surface area contributed by atoms with Gasteiger partial charge in [0.2, 0.25) is 0 Å². The van der Waals surface area contributed by atoms with E-state index < -0.39 is 11.4 Å². The molecule has 0 spiro atoms. The molecule has 2 aliphatic rings. The molecule has 126 valence electrons. The molecule has 0 amide bonds. The summed E-state index contributed by atoms with van der Waals surface area (Å²) in [4.78, 5) is 0. The van der Waals surface area contributed by atoms with E-state index in [-0.39, 0.29) is 11.1 Å². The quantitative estimate of drug-likeness (QED) is 0.686. The van der Waals surface area contributed by atoms with Crippen molar-refractivity contribution in [1.82, 2.24) is 5.32 Å². The minimum absolute atomic E-state index is 0.123. The third kappa shape index (κ3) is 2.56. The van der Waals surface area contributed by atoms with Gasteiger partial charge in [0, 0.05) is 22.5 Å². The molecular formula is C19H18BrClFNO. The SMILES string of the molecule is Fc1cc2c(c(Br)c1Cl)C[C@](c1ccccc1)([C@@H]1CCCCN1)O2. The van der Waals surface area contributed by atoms with E-state index in [1.807, 2.05) is 18.2 Å². The van der Waals surface area contributed by atoms with E-state index in [1.54, 1.807) is 0 Å². The van der Waals surface area contributed by atoms with Crippen LogP contribution in [-0.4, -0.2) is 12.6 Å². The van der Waals surface area contributed by atoms with E-state index >= 15 is 0 Å². The number of piperidine rings is 1. The van der Waals surface area contributed by atoms with E-state index in [2.05, 4.69) is 33.4 Å². The molecule has 1 fully saturated rings. The highest BCUT2D eigenvalue weighted by Gasteiger charge is 2.48. The molecule has 2 aromatic rings. The maximum absolute atomic E-state index is 14.1. The van der Waals surface area contributed by atoms with Crippen LogP contribution in [0.4, 0.5) is 4.39 Å². The summed E-state index contributed by atoms with van der Waals surface area (Å²) in [6, 6.07) is 11.8. The van der Waals surface area contributed by atoms with Crippen LogP contribution in [0.1, 0.15) is 30.4 Å². The Labute approximate surface area is 154 Å². The van der Waals surface area contributed by atoms with Crippen molar-refractivity contribution in [1.29, 1.82) is 0 Å². The number of ether oxygens (including phenoxy) is 1. The van der Waals surface area contributed by atoms with Gasteiger partial charge >= 0.3 is 0 Å². The summed E-state index contributed by atoms with van der Waals surface area (Å²) in [5.41, 5.74) is 1.53. The highest BCUT2D eigenvalue weighted by molar-refractivity contribution is 9.10. The lowest BCUT2D eigenvalue weighted by atomic mass is 9.79. The third-order valence-corrected chi connectivity index (χ3v) is 6.56. The van der Waals surface area contributed by atoms with Crippen LogP contribution in [-0.2, 0) is 12.0 Å². The number of rotatable bonds is 2. The van der Waals surface area contributed by atoms with Gasteiger partial charge < -0.3 is 10.1 Å². The van der Waals surface area contributed by atoms with Crippen LogP contribution in [0, 0.1) is 5.82 Å². The predicted octanol–water partition coefficient (Wildman–Crippen LogP) is 5.21. The normalized spacial score (nSPS) is 26.0. The van der Waals surface area contributed by atoms with E-state index in [9.17, 15) is 4.39 Å². The van der Waals surface area contributed by atoms with E-state index in [4.69, 9.17) is 16.3 Å². The van der Waals surface area contributed by atoms with Crippen LogP contribution in [0.15, 0.2) is 40.9 Å². The lowest BCUT2D eigenvalue weighted by Gasteiger charge is -2.40. The Hall–Kier alpha value is -1.10. The Morgan fingerprint density at radius 1 is 1.25 bits per heavy atom. The van der Waals surface area contributed by atoms with Crippen molar-refractivity contribution in [2.24, 2.45) is 0 Å². The van der Waals surface area contributed by atoms with Crippen LogP contribution in [0.25, 0.3) is 0 Å². The molecule has 0 radical (unpaired) electrons. The number of nitrogens with one attached hydrogen (secondary N) is 1. The second-order valence-electron chi connectivity index (χ2n) is 6.50. The summed E-state index contributed by atoms with van der Waals surface area (Å²) in [6.07, 6.45) is 4.06. The summed E-state index contributed by atoms with van der Waals surface area (Å²) in [6.45, 7) is 0.981.